The summed E-state index contributed by atoms with van der Waals surface area (Å²) in [6.07, 6.45) is 2.86. The minimum Gasteiger partial charge on any atom is -0.365 e. The van der Waals surface area contributed by atoms with Crippen molar-refractivity contribution in [2.24, 2.45) is 10.7 Å². The summed E-state index contributed by atoms with van der Waals surface area (Å²) in [5, 5.41) is 3.23. The standard InChI is InChI=1S/C18H22N4O/c1-4-10-20-11-15-12(2)6-5-7-16(15)22-18-14(17(19)23)9-8-13(3)21-18/h5-9,11H,4,10H2,1-3H3,(H2,19,23)(H,21,22)/b20-11-. The quantitative estimate of drug-likeness (QED) is 0.803. The fourth-order valence-corrected chi connectivity index (χ4v) is 2.22. The molecule has 0 saturated carbocycles. The largest absolute Gasteiger partial charge is 0.365 e. The first-order valence-corrected chi connectivity index (χ1v) is 7.66. The molecule has 2 rings (SSSR count). The minimum absolute atomic E-state index is 0.369. The molecule has 5 heteroatoms. The zero-order valence-corrected chi connectivity index (χ0v) is 13.8. The fourth-order valence-electron chi connectivity index (χ4n) is 2.22. The van der Waals surface area contributed by atoms with Crippen molar-refractivity contribution in [1.82, 2.24) is 4.98 Å². The number of carbonyl (C=O) groups is 1. The molecular weight excluding hydrogens is 288 g/mol. The fraction of sp³-hybridized carbons (Fsp3) is 0.278. The van der Waals surface area contributed by atoms with Gasteiger partial charge in [-0.1, -0.05) is 19.1 Å². The normalized spacial score (nSPS) is 10.9. The number of aliphatic imine (C=N–C) groups is 1. The number of hydrogen-bond donors (Lipinski definition) is 2. The van der Waals surface area contributed by atoms with Gasteiger partial charge in [0.15, 0.2) is 0 Å². The van der Waals surface area contributed by atoms with Crippen LogP contribution in [-0.4, -0.2) is 23.7 Å². The number of nitrogens with two attached hydrogens (primary N) is 1. The van der Waals surface area contributed by atoms with E-state index in [4.69, 9.17) is 5.73 Å². The molecule has 2 aromatic rings. The van der Waals surface area contributed by atoms with Crippen LogP contribution in [0.15, 0.2) is 35.3 Å². The Labute approximate surface area is 136 Å². The van der Waals surface area contributed by atoms with Gasteiger partial charge in [-0.2, -0.15) is 0 Å². The number of nitrogens with zero attached hydrogens (tertiary/aromatic N) is 2. The van der Waals surface area contributed by atoms with Crippen LogP contribution in [0.5, 0.6) is 0 Å². The number of rotatable bonds is 6. The highest BCUT2D eigenvalue weighted by atomic mass is 16.1. The molecule has 0 saturated heterocycles. The van der Waals surface area contributed by atoms with Crippen LogP contribution in [0.3, 0.4) is 0 Å². The molecule has 23 heavy (non-hydrogen) atoms. The van der Waals surface area contributed by atoms with E-state index in [0.717, 1.165) is 35.5 Å². The number of aryl methyl sites for hydroxylation is 2. The van der Waals surface area contributed by atoms with E-state index in [1.807, 2.05) is 38.3 Å². The van der Waals surface area contributed by atoms with E-state index in [-0.39, 0.29) is 0 Å². The van der Waals surface area contributed by atoms with Crippen molar-refractivity contribution in [1.29, 1.82) is 0 Å². The summed E-state index contributed by atoms with van der Waals surface area (Å²) in [6, 6.07) is 9.37. The van der Waals surface area contributed by atoms with Gasteiger partial charge < -0.3 is 11.1 Å². The van der Waals surface area contributed by atoms with E-state index in [9.17, 15) is 4.79 Å². The van der Waals surface area contributed by atoms with Crippen LogP contribution in [0, 0.1) is 13.8 Å². The summed E-state index contributed by atoms with van der Waals surface area (Å²) in [6.45, 7) is 6.76. The minimum atomic E-state index is -0.506. The molecule has 120 valence electrons. The smallest absolute Gasteiger partial charge is 0.252 e. The lowest BCUT2D eigenvalue weighted by Crippen LogP contribution is -2.15. The van der Waals surface area contributed by atoms with E-state index in [1.54, 1.807) is 12.1 Å². The Morgan fingerprint density at radius 1 is 1.30 bits per heavy atom. The van der Waals surface area contributed by atoms with Crippen LogP contribution in [0.25, 0.3) is 0 Å². The molecule has 0 fully saturated rings. The average molecular weight is 310 g/mol. The molecule has 0 atom stereocenters. The predicted molar refractivity (Wildman–Crippen MR) is 94.7 cm³/mol. The van der Waals surface area contributed by atoms with Crippen molar-refractivity contribution in [2.75, 3.05) is 11.9 Å². The second-order valence-corrected chi connectivity index (χ2v) is 5.41. The SMILES string of the molecule is CCC/N=C\c1c(C)cccc1Nc1nc(C)ccc1C(N)=O. The molecule has 1 amide bonds. The van der Waals surface area contributed by atoms with Gasteiger partial charge in [0.1, 0.15) is 5.82 Å². The Balaban J connectivity index is 2.43. The van der Waals surface area contributed by atoms with Crippen LogP contribution in [0.4, 0.5) is 11.5 Å². The summed E-state index contributed by atoms with van der Waals surface area (Å²) >= 11 is 0. The molecule has 0 spiro atoms. The molecule has 0 bridgehead atoms. The maximum Gasteiger partial charge on any atom is 0.252 e. The predicted octanol–water partition coefficient (Wildman–Crippen LogP) is 3.37. The first-order chi connectivity index (χ1) is 11.0. The lowest BCUT2D eigenvalue weighted by Gasteiger charge is -2.13. The number of nitrogens with one attached hydrogen (secondary N) is 1. The molecule has 5 nitrogen and oxygen atoms in total. The first-order valence-electron chi connectivity index (χ1n) is 7.66. The number of anilines is 2. The van der Waals surface area contributed by atoms with E-state index < -0.39 is 5.91 Å². The zero-order valence-electron chi connectivity index (χ0n) is 13.8. The molecule has 0 unspecified atom stereocenters. The first kappa shape index (κ1) is 16.7. The third kappa shape index (κ3) is 4.16. The third-order valence-electron chi connectivity index (χ3n) is 3.45. The van der Waals surface area contributed by atoms with Crippen LogP contribution < -0.4 is 11.1 Å². The zero-order chi connectivity index (χ0) is 16.8. The molecule has 0 aliphatic rings. The lowest BCUT2D eigenvalue weighted by molar-refractivity contribution is 0.100. The highest BCUT2D eigenvalue weighted by molar-refractivity contribution is 5.99. The Bertz CT molecular complexity index is 738. The Kier molecular flexibility index (Phi) is 5.46. The number of primary amides is 1. The van der Waals surface area contributed by atoms with E-state index in [0.29, 0.717) is 11.4 Å². The van der Waals surface area contributed by atoms with Crippen LogP contribution in [0.2, 0.25) is 0 Å². The van der Waals surface area contributed by atoms with Crippen LogP contribution in [-0.2, 0) is 0 Å². The number of benzene rings is 1. The molecule has 0 aliphatic carbocycles. The van der Waals surface area contributed by atoms with Gasteiger partial charge in [0.25, 0.3) is 5.91 Å². The van der Waals surface area contributed by atoms with E-state index in [2.05, 4.69) is 22.2 Å². The van der Waals surface area contributed by atoms with Gasteiger partial charge in [-0.25, -0.2) is 4.98 Å². The van der Waals surface area contributed by atoms with Gasteiger partial charge in [-0.05, 0) is 44.0 Å². The van der Waals surface area contributed by atoms with E-state index >= 15 is 0 Å². The molecule has 1 heterocycles. The van der Waals surface area contributed by atoms with Gasteiger partial charge in [0.2, 0.25) is 0 Å². The van der Waals surface area contributed by atoms with Gasteiger partial charge in [0.05, 0.1) is 5.56 Å². The van der Waals surface area contributed by atoms with Crippen molar-refractivity contribution in [3.05, 3.63) is 52.7 Å². The molecule has 0 radical (unpaired) electrons. The lowest BCUT2D eigenvalue weighted by atomic mass is 10.1. The highest BCUT2D eigenvalue weighted by Crippen LogP contribution is 2.24. The van der Waals surface area contributed by atoms with Crippen molar-refractivity contribution >= 4 is 23.6 Å². The second-order valence-electron chi connectivity index (χ2n) is 5.41. The van der Waals surface area contributed by atoms with Crippen molar-refractivity contribution in [3.8, 4) is 0 Å². The molecular formula is C18H22N4O. The summed E-state index contributed by atoms with van der Waals surface area (Å²) in [7, 11) is 0. The molecule has 3 N–H and O–H groups in total. The van der Waals surface area contributed by atoms with Gasteiger partial charge >= 0.3 is 0 Å². The van der Waals surface area contributed by atoms with Gasteiger partial charge in [0, 0.05) is 29.7 Å². The molecule has 0 aliphatic heterocycles. The third-order valence-corrected chi connectivity index (χ3v) is 3.45. The second kappa shape index (κ2) is 7.54. The van der Waals surface area contributed by atoms with Gasteiger partial charge in [-0.15, -0.1) is 0 Å². The molecule has 1 aromatic carbocycles. The maximum atomic E-state index is 11.6. The maximum absolute atomic E-state index is 11.6. The number of hydrogen-bond acceptors (Lipinski definition) is 4. The summed E-state index contributed by atoms with van der Waals surface area (Å²) < 4.78 is 0. The monoisotopic (exact) mass is 310 g/mol. The number of carbonyl (C=O) groups excluding carboxylic acids is 1. The number of aromatic nitrogens is 1. The Morgan fingerprint density at radius 2 is 2.09 bits per heavy atom. The molecule has 1 aromatic heterocycles. The average Bonchev–Trinajstić information content (AvgIpc) is 2.50. The van der Waals surface area contributed by atoms with Gasteiger partial charge in [-0.3, -0.25) is 9.79 Å². The summed E-state index contributed by atoms with van der Waals surface area (Å²) in [4.78, 5) is 20.4. The topological polar surface area (TPSA) is 80.4 Å². The summed E-state index contributed by atoms with van der Waals surface area (Å²) in [5.41, 5.74) is 9.56. The van der Waals surface area contributed by atoms with Crippen molar-refractivity contribution in [2.45, 2.75) is 27.2 Å². The van der Waals surface area contributed by atoms with Crippen LogP contribution in [0.1, 0.15) is 40.5 Å². The Morgan fingerprint density at radius 3 is 2.78 bits per heavy atom. The van der Waals surface area contributed by atoms with Crippen molar-refractivity contribution < 1.29 is 4.79 Å². The van der Waals surface area contributed by atoms with Crippen LogP contribution >= 0.6 is 0 Å². The summed E-state index contributed by atoms with van der Waals surface area (Å²) in [5.74, 6) is -0.0397. The highest BCUT2D eigenvalue weighted by Gasteiger charge is 2.12. The van der Waals surface area contributed by atoms with Crippen molar-refractivity contribution in [3.63, 3.8) is 0 Å². The number of pyridine rings is 1. The Hall–Kier alpha value is -2.69. The van der Waals surface area contributed by atoms with E-state index in [1.165, 1.54) is 0 Å². The number of amides is 1.